The third kappa shape index (κ3) is 6.30. The van der Waals surface area contributed by atoms with Gasteiger partial charge < -0.3 is 9.32 Å². The maximum absolute atomic E-state index is 14.4. The number of aromatic nitrogens is 2. The fourth-order valence-corrected chi connectivity index (χ4v) is 4.19. The Hall–Kier alpha value is -4.98. The number of amides is 2. The van der Waals surface area contributed by atoms with E-state index in [4.69, 9.17) is 4.42 Å². The summed E-state index contributed by atoms with van der Waals surface area (Å²) in [5.41, 5.74) is 3.32. The highest BCUT2D eigenvalue weighted by Gasteiger charge is 2.21. The largest absolute Gasteiger partial charge is 0.467 e. The molecule has 0 atom stereocenters. The number of aryl methyl sites for hydroxylation is 1. The summed E-state index contributed by atoms with van der Waals surface area (Å²) in [5, 5.41) is 2.83. The van der Waals surface area contributed by atoms with Crippen molar-refractivity contribution in [3.05, 3.63) is 126 Å². The topological polar surface area (TPSA) is 80.4 Å². The van der Waals surface area contributed by atoms with Gasteiger partial charge in [0, 0.05) is 11.8 Å². The summed E-state index contributed by atoms with van der Waals surface area (Å²) in [6.45, 7) is 1.60. The van der Waals surface area contributed by atoms with Crippen LogP contribution in [0.4, 0.5) is 10.3 Å². The van der Waals surface area contributed by atoms with E-state index >= 15 is 0 Å². The van der Waals surface area contributed by atoms with Crippen molar-refractivity contribution in [1.82, 2.24) is 14.5 Å². The van der Waals surface area contributed by atoms with E-state index < -0.39 is 5.91 Å². The molecule has 0 radical (unpaired) electrons. The lowest BCUT2D eigenvalue weighted by atomic mass is 10.1. The Labute approximate surface area is 225 Å². The number of hydrogen-bond acceptors (Lipinski definition) is 4. The number of carbonyl (C=O) groups is 2. The minimum Gasteiger partial charge on any atom is -0.467 e. The first-order valence-corrected chi connectivity index (χ1v) is 12.5. The van der Waals surface area contributed by atoms with Crippen LogP contribution >= 0.6 is 0 Å². The average Bonchev–Trinajstić information content (AvgIpc) is 3.61. The van der Waals surface area contributed by atoms with Crippen LogP contribution in [0.25, 0.3) is 16.9 Å². The van der Waals surface area contributed by atoms with Crippen molar-refractivity contribution in [3.8, 4) is 16.9 Å². The zero-order valence-electron chi connectivity index (χ0n) is 21.4. The van der Waals surface area contributed by atoms with Crippen LogP contribution in [0.2, 0.25) is 0 Å². The third-order valence-corrected chi connectivity index (χ3v) is 6.27. The molecule has 0 unspecified atom stereocenters. The summed E-state index contributed by atoms with van der Waals surface area (Å²) >= 11 is 0. The van der Waals surface area contributed by atoms with Crippen LogP contribution in [0.5, 0.6) is 0 Å². The zero-order chi connectivity index (χ0) is 27.2. The molecule has 2 heterocycles. The van der Waals surface area contributed by atoms with E-state index in [1.807, 2.05) is 60.7 Å². The Kier molecular flexibility index (Phi) is 7.63. The summed E-state index contributed by atoms with van der Waals surface area (Å²) in [6, 6.07) is 27.2. The van der Waals surface area contributed by atoms with Gasteiger partial charge in [0.25, 0.3) is 0 Å². The molecule has 196 valence electrons. The fourth-order valence-electron chi connectivity index (χ4n) is 4.19. The lowest BCUT2D eigenvalue weighted by Gasteiger charge is -2.21. The standard InChI is InChI=1S/C31H27FN4O3/c1-22-14-15-25(18-27(22)32)36-20-28(24-11-6-3-7-12-24)33-31(36)34-29(37)21-35(19-26-13-8-16-39-26)30(38)17-23-9-4-2-5-10-23/h2-16,18,20H,17,19,21H2,1H3,(H,33,34,37). The molecule has 3 aromatic carbocycles. The second-order valence-electron chi connectivity index (χ2n) is 9.16. The molecule has 0 aliphatic heterocycles. The normalized spacial score (nSPS) is 10.8. The quantitative estimate of drug-likeness (QED) is 0.266. The molecule has 0 saturated carbocycles. The molecule has 5 rings (SSSR count). The number of imidazole rings is 1. The third-order valence-electron chi connectivity index (χ3n) is 6.27. The van der Waals surface area contributed by atoms with Gasteiger partial charge in [0.05, 0.1) is 30.6 Å². The zero-order valence-corrected chi connectivity index (χ0v) is 21.4. The molecule has 0 bridgehead atoms. The molecule has 5 aromatic rings. The molecule has 1 N–H and O–H groups in total. The molecular formula is C31H27FN4O3. The molecule has 0 aliphatic carbocycles. The highest BCUT2D eigenvalue weighted by atomic mass is 19.1. The van der Waals surface area contributed by atoms with Crippen LogP contribution in [0.3, 0.4) is 0 Å². The van der Waals surface area contributed by atoms with Gasteiger partial charge in [-0.1, -0.05) is 66.7 Å². The van der Waals surface area contributed by atoms with Crippen molar-refractivity contribution in [2.45, 2.75) is 19.9 Å². The molecule has 8 heteroatoms. The van der Waals surface area contributed by atoms with Crippen LogP contribution in [-0.2, 0) is 22.6 Å². The van der Waals surface area contributed by atoms with E-state index in [0.29, 0.717) is 22.7 Å². The average molecular weight is 523 g/mol. The Morgan fingerprint density at radius 3 is 2.41 bits per heavy atom. The number of rotatable bonds is 9. The smallest absolute Gasteiger partial charge is 0.246 e. The number of benzene rings is 3. The van der Waals surface area contributed by atoms with Gasteiger partial charge in [-0.2, -0.15) is 0 Å². The summed E-state index contributed by atoms with van der Waals surface area (Å²) in [7, 11) is 0. The van der Waals surface area contributed by atoms with E-state index in [9.17, 15) is 14.0 Å². The molecule has 0 saturated heterocycles. The maximum Gasteiger partial charge on any atom is 0.246 e. The van der Waals surface area contributed by atoms with Gasteiger partial charge >= 0.3 is 0 Å². The number of furan rings is 1. The van der Waals surface area contributed by atoms with Gasteiger partial charge in [0.1, 0.15) is 18.1 Å². The van der Waals surface area contributed by atoms with Crippen LogP contribution in [0, 0.1) is 12.7 Å². The molecule has 7 nitrogen and oxygen atoms in total. The summed E-state index contributed by atoms with van der Waals surface area (Å²) in [6.07, 6.45) is 3.42. The molecular weight excluding hydrogens is 495 g/mol. The molecule has 2 aromatic heterocycles. The van der Waals surface area contributed by atoms with Gasteiger partial charge in [0.15, 0.2) is 0 Å². The van der Waals surface area contributed by atoms with Crippen molar-refractivity contribution in [2.24, 2.45) is 0 Å². The predicted octanol–water partition coefficient (Wildman–Crippen LogP) is 5.79. The number of nitrogens with zero attached hydrogens (tertiary/aromatic N) is 3. The number of anilines is 1. The summed E-state index contributed by atoms with van der Waals surface area (Å²) in [5.74, 6) is -0.248. The fraction of sp³-hybridized carbons (Fsp3) is 0.129. The van der Waals surface area contributed by atoms with Gasteiger partial charge in [-0.05, 0) is 42.3 Å². The maximum atomic E-state index is 14.4. The van der Waals surface area contributed by atoms with Crippen LogP contribution in [-0.4, -0.2) is 32.8 Å². The second-order valence-corrected chi connectivity index (χ2v) is 9.16. The van der Waals surface area contributed by atoms with Crippen molar-refractivity contribution in [1.29, 1.82) is 0 Å². The second kappa shape index (κ2) is 11.6. The van der Waals surface area contributed by atoms with E-state index in [0.717, 1.165) is 11.1 Å². The monoisotopic (exact) mass is 522 g/mol. The van der Waals surface area contributed by atoms with Crippen molar-refractivity contribution < 1.29 is 18.4 Å². The van der Waals surface area contributed by atoms with E-state index in [-0.39, 0.29) is 37.2 Å². The number of hydrogen-bond donors (Lipinski definition) is 1. The first-order chi connectivity index (χ1) is 19.0. The van der Waals surface area contributed by atoms with Crippen LogP contribution in [0.15, 0.2) is 108 Å². The van der Waals surface area contributed by atoms with Crippen molar-refractivity contribution >= 4 is 17.8 Å². The van der Waals surface area contributed by atoms with E-state index in [1.54, 1.807) is 42.0 Å². The Morgan fingerprint density at radius 2 is 1.72 bits per heavy atom. The van der Waals surface area contributed by atoms with E-state index in [1.165, 1.54) is 17.2 Å². The van der Waals surface area contributed by atoms with Gasteiger partial charge in [-0.3, -0.25) is 19.5 Å². The first-order valence-electron chi connectivity index (χ1n) is 12.5. The minimum absolute atomic E-state index is 0.138. The van der Waals surface area contributed by atoms with Gasteiger partial charge in [0.2, 0.25) is 17.8 Å². The molecule has 0 fully saturated rings. The lowest BCUT2D eigenvalue weighted by molar-refractivity contribution is -0.135. The van der Waals surface area contributed by atoms with Crippen LogP contribution < -0.4 is 5.32 Å². The number of carbonyl (C=O) groups excluding carboxylic acids is 2. The molecule has 2 amide bonds. The van der Waals surface area contributed by atoms with Crippen molar-refractivity contribution in [2.75, 3.05) is 11.9 Å². The lowest BCUT2D eigenvalue weighted by Crippen LogP contribution is -2.38. The molecule has 39 heavy (non-hydrogen) atoms. The Balaban J connectivity index is 1.41. The van der Waals surface area contributed by atoms with Crippen molar-refractivity contribution in [3.63, 3.8) is 0 Å². The first kappa shape index (κ1) is 25.7. The van der Waals surface area contributed by atoms with Gasteiger partial charge in [-0.25, -0.2) is 9.37 Å². The summed E-state index contributed by atoms with van der Waals surface area (Å²) in [4.78, 5) is 32.6. The van der Waals surface area contributed by atoms with E-state index in [2.05, 4.69) is 10.3 Å². The molecule has 0 aliphatic rings. The summed E-state index contributed by atoms with van der Waals surface area (Å²) < 4.78 is 21.5. The molecule has 0 spiro atoms. The number of nitrogens with one attached hydrogen (secondary N) is 1. The van der Waals surface area contributed by atoms with Gasteiger partial charge in [-0.15, -0.1) is 0 Å². The number of halogens is 1. The Morgan fingerprint density at radius 1 is 0.974 bits per heavy atom. The Bertz CT molecular complexity index is 1560. The van der Waals surface area contributed by atoms with Crippen LogP contribution in [0.1, 0.15) is 16.9 Å². The SMILES string of the molecule is Cc1ccc(-n2cc(-c3ccccc3)nc2NC(=O)CN(Cc2ccco2)C(=O)Cc2ccccc2)cc1F. The highest BCUT2D eigenvalue weighted by Crippen LogP contribution is 2.25. The highest BCUT2D eigenvalue weighted by molar-refractivity contribution is 5.94. The predicted molar refractivity (Wildman–Crippen MR) is 147 cm³/mol. The minimum atomic E-state index is -0.443.